The summed E-state index contributed by atoms with van der Waals surface area (Å²) in [5, 5.41) is 0. The number of rotatable bonds is 2. The van der Waals surface area contributed by atoms with Crippen molar-refractivity contribution >= 4 is 17.4 Å². The molecule has 1 saturated heterocycles. The van der Waals surface area contributed by atoms with Gasteiger partial charge in [-0.15, -0.1) is 0 Å². The van der Waals surface area contributed by atoms with E-state index in [2.05, 4.69) is 61.7 Å². The molecule has 3 heteroatoms. The highest BCUT2D eigenvalue weighted by molar-refractivity contribution is 8.00. The summed E-state index contributed by atoms with van der Waals surface area (Å²) in [6.07, 6.45) is 1.23. The number of nitrogens with two attached hydrogens (primary N) is 1. The molecule has 1 aromatic carbocycles. The quantitative estimate of drug-likeness (QED) is 0.887. The molecule has 1 heterocycles. The monoisotopic (exact) mass is 264 g/mol. The van der Waals surface area contributed by atoms with Crippen molar-refractivity contribution in [2.45, 2.75) is 38.0 Å². The minimum atomic E-state index is 0.102. The predicted molar refractivity (Wildman–Crippen MR) is 82.4 cm³/mol. The molecular formula is C15H24N2S. The van der Waals surface area contributed by atoms with E-state index in [4.69, 9.17) is 5.73 Å². The minimum absolute atomic E-state index is 0.102. The van der Waals surface area contributed by atoms with Crippen molar-refractivity contribution in [1.29, 1.82) is 0 Å². The van der Waals surface area contributed by atoms with Gasteiger partial charge in [-0.3, -0.25) is 0 Å². The summed E-state index contributed by atoms with van der Waals surface area (Å²) in [4.78, 5) is 2.50. The van der Waals surface area contributed by atoms with Crippen molar-refractivity contribution in [1.82, 2.24) is 0 Å². The van der Waals surface area contributed by atoms with Gasteiger partial charge in [-0.05, 0) is 25.0 Å². The van der Waals surface area contributed by atoms with Crippen LogP contribution in [0.3, 0.4) is 0 Å². The van der Waals surface area contributed by atoms with E-state index in [1.165, 1.54) is 23.4 Å². The van der Waals surface area contributed by atoms with E-state index in [9.17, 15) is 0 Å². The Kier molecular flexibility index (Phi) is 4.23. The third-order valence-electron chi connectivity index (χ3n) is 3.61. The zero-order chi connectivity index (χ0) is 13.2. The van der Waals surface area contributed by atoms with Crippen LogP contribution < -0.4 is 10.6 Å². The van der Waals surface area contributed by atoms with Crippen molar-refractivity contribution in [2.24, 2.45) is 5.73 Å². The average Bonchev–Trinajstić information content (AvgIpc) is 2.50. The average molecular weight is 264 g/mol. The second-order valence-electron chi connectivity index (χ2n) is 5.69. The van der Waals surface area contributed by atoms with Gasteiger partial charge in [0.1, 0.15) is 0 Å². The fraction of sp³-hybridized carbons (Fsp3) is 0.600. The Balaban J connectivity index is 2.21. The predicted octanol–water partition coefficient (Wildman–Crippen LogP) is 3.43. The van der Waals surface area contributed by atoms with Crippen molar-refractivity contribution in [3.8, 4) is 0 Å². The molecule has 1 fully saturated rings. The SMILES string of the molecule is C[C@H](N)c1ccccc1N1CCSC(C)(C)CC1. The van der Waals surface area contributed by atoms with Crippen molar-refractivity contribution in [3.63, 3.8) is 0 Å². The van der Waals surface area contributed by atoms with Gasteiger partial charge in [0.15, 0.2) is 0 Å². The van der Waals surface area contributed by atoms with Crippen LogP contribution >= 0.6 is 11.8 Å². The lowest BCUT2D eigenvalue weighted by atomic mass is 10.0. The molecule has 0 aromatic heterocycles. The molecule has 0 unspecified atom stereocenters. The molecule has 1 aromatic rings. The Morgan fingerprint density at radius 1 is 1.28 bits per heavy atom. The molecule has 2 rings (SSSR count). The Hall–Kier alpha value is -0.670. The smallest absolute Gasteiger partial charge is 0.0414 e. The molecule has 1 aliphatic heterocycles. The van der Waals surface area contributed by atoms with Gasteiger partial charge < -0.3 is 10.6 Å². The summed E-state index contributed by atoms with van der Waals surface area (Å²) in [6.45, 7) is 9.01. The van der Waals surface area contributed by atoms with Gasteiger partial charge >= 0.3 is 0 Å². The minimum Gasteiger partial charge on any atom is -0.370 e. The maximum absolute atomic E-state index is 6.08. The number of anilines is 1. The first kappa shape index (κ1) is 13.8. The molecule has 0 spiro atoms. The molecular weight excluding hydrogens is 240 g/mol. The van der Waals surface area contributed by atoms with Crippen molar-refractivity contribution < 1.29 is 0 Å². The lowest BCUT2D eigenvalue weighted by Crippen LogP contribution is -2.28. The number of para-hydroxylation sites is 1. The van der Waals surface area contributed by atoms with Gasteiger partial charge in [-0.2, -0.15) is 11.8 Å². The van der Waals surface area contributed by atoms with E-state index in [0.29, 0.717) is 4.75 Å². The molecule has 0 amide bonds. The molecule has 1 atom stereocenters. The summed E-state index contributed by atoms with van der Waals surface area (Å²) in [7, 11) is 0. The Morgan fingerprint density at radius 3 is 2.72 bits per heavy atom. The second kappa shape index (κ2) is 5.54. The van der Waals surface area contributed by atoms with E-state index >= 15 is 0 Å². The standard InChI is InChI=1S/C15H24N2S/c1-12(16)13-6-4-5-7-14(13)17-9-8-15(2,3)18-11-10-17/h4-7,12H,8-11,16H2,1-3H3/t12-/m0/s1. The van der Waals surface area contributed by atoms with Gasteiger partial charge in [-0.1, -0.05) is 32.0 Å². The third-order valence-corrected chi connectivity index (χ3v) is 4.98. The number of thioether (sulfide) groups is 1. The van der Waals surface area contributed by atoms with Crippen LogP contribution in [0, 0.1) is 0 Å². The lowest BCUT2D eigenvalue weighted by molar-refractivity contribution is 0.635. The first-order valence-electron chi connectivity index (χ1n) is 6.73. The van der Waals surface area contributed by atoms with E-state index in [0.717, 1.165) is 13.1 Å². The highest BCUT2D eigenvalue weighted by Gasteiger charge is 2.24. The van der Waals surface area contributed by atoms with Crippen molar-refractivity contribution in [2.75, 3.05) is 23.7 Å². The second-order valence-corrected chi connectivity index (χ2v) is 7.49. The normalized spacial score (nSPS) is 21.4. The maximum atomic E-state index is 6.08. The van der Waals surface area contributed by atoms with Crippen LogP contribution in [0.5, 0.6) is 0 Å². The summed E-state index contributed by atoms with van der Waals surface area (Å²) >= 11 is 2.08. The van der Waals surface area contributed by atoms with E-state index in [1.807, 2.05) is 0 Å². The topological polar surface area (TPSA) is 29.3 Å². The van der Waals surface area contributed by atoms with Crippen LogP contribution in [0.2, 0.25) is 0 Å². The summed E-state index contributed by atoms with van der Waals surface area (Å²) in [5.41, 5.74) is 8.67. The first-order chi connectivity index (χ1) is 8.49. The molecule has 1 aliphatic rings. The van der Waals surface area contributed by atoms with Crippen LogP contribution in [0.4, 0.5) is 5.69 Å². The summed E-state index contributed by atoms with van der Waals surface area (Å²) in [6, 6.07) is 8.67. The van der Waals surface area contributed by atoms with Gasteiger partial charge in [0.25, 0.3) is 0 Å². The fourth-order valence-corrected chi connectivity index (χ4v) is 3.52. The number of benzene rings is 1. The molecule has 18 heavy (non-hydrogen) atoms. The van der Waals surface area contributed by atoms with Crippen LogP contribution in [-0.4, -0.2) is 23.6 Å². The zero-order valence-corrected chi connectivity index (χ0v) is 12.5. The molecule has 0 aliphatic carbocycles. The molecule has 0 saturated carbocycles. The number of hydrogen-bond acceptors (Lipinski definition) is 3. The van der Waals surface area contributed by atoms with Crippen LogP contribution in [0.25, 0.3) is 0 Å². The van der Waals surface area contributed by atoms with Gasteiger partial charge in [0, 0.05) is 35.3 Å². The zero-order valence-electron chi connectivity index (χ0n) is 11.6. The van der Waals surface area contributed by atoms with E-state index in [-0.39, 0.29) is 6.04 Å². The molecule has 2 nitrogen and oxygen atoms in total. The van der Waals surface area contributed by atoms with Gasteiger partial charge in [0.05, 0.1) is 0 Å². The molecule has 100 valence electrons. The largest absolute Gasteiger partial charge is 0.370 e. The summed E-state index contributed by atoms with van der Waals surface area (Å²) in [5.74, 6) is 1.19. The molecule has 0 bridgehead atoms. The Morgan fingerprint density at radius 2 is 2.00 bits per heavy atom. The fourth-order valence-electron chi connectivity index (χ4n) is 2.42. The Bertz CT molecular complexity index is 401. The highest BCUT2D eigenvalue weighted by atomic mass is 32.2. The Labute approximate surface area is 115 Å². The van der Waals surface area contributed by atoms with Gasteiger partial charge in [0.2, 0.25) is 0 Å². The lowest BCUT2D eigenvalue weighted by Gasteiger charge is -2.27. The molecule has 2 N–H and O–H groups in total. The van der Waals surface area contributed by atoms with Crippen molar-refractivity contribution in [3.05, 3.63) is 29.8 Å². The van der Waals surface area contributed by atoms with E-state index < -0.39 is 0 Å². The van der Waals surface area contributed by atoms with Gasteiger partial charge in [-0.25, -0.2) is 0 Å². The number of hydrogen-bond donors (Lipinski definition) is 1. The maximum Gasteiger partial charge on any atom is 0.0414 e. The number of nitrogens with zero attached hydrogens (tertiary/aromatic N) is 1. The highest BCUT2D eigenvalue weighted by Crippen LogP contribution is 2.34. The van der Waals surface area contributed by atoms with Crippen LogP contribution in [-0.2, 0) is 0 Å². The third kappa shape index (κ3) is 3.21. The van der Waals surface area contributed by atoms with E-state index in [1.54, 1.807) is 0 Å². The van der Waals surface area contributed by atoms with Crippen LogP contribution in [0.1, 0.15) is 38.8 Å². The summed E-state index contributed by atoms with van der Waals surface area (Å²) < 4.78 is 0.401. The van der Waals surface area contributed by atoms with Crippen LogP contribution in [0.15, 0.2) is 24.3 Å². The molecule has 0 radical (unpaired) electrons. The first-order valence-corrected chi connectivity index (χ1v) is 7.71.